The van der Waals surface area contributed by atoms with Gasteiger partial charge in [0.25, 0.3) is 0 Å². The Labute approximate surface area is 180 Å². The summed E-state index contributed by atoms with van der Waals surface area (Å²) in [4.78, 5) is 25.0. The van der Waals surface area contributed by atoms with Gasteiger partial charge >= 0.3 is 0 Å². The van der Waals surface area contributed by atoms with Crippen LogP contribution in [-0.4, -0.2) is 76.5 Å². The first-order valence-corrected chi connectivity index (χ1v) is 10.5. The number of benzene rings is 1. The SMILES string of the molecule is C[C@H](O)[C@@H](NC(=O)C1=C[C@H]2OC3(Cc4ccccc4C3)O[C@H]2[C@H](O)C1)C(=O)NCCO. The standard InChI is InChI=1S/C22H28N2O7/c1-12(26)18(21(29)23-6-7-25)24-20(28)15-8-16(27)19-17(9-15)30-22(31-19)10-13-4-2-3-5-14(13)11-22/h2-5,9,12,16-19,25-27H,6-8,10-11H2,1H3,(H,23,29)(H,24,28)/t12-,16+,17+,18+,19-/m0/s1. The lowest BCUT2D eigenvalue weighted by molar-refractivity contribution is -0.171. The summed E-state index contributed by atoms with van der Waals surface area (Å²) in [6.07, 6.45) is -0.415. The van der Waals surface area contributed by atoms with Crippen LogP contribution in [0.15, 0.2) is 35.9 Å². The molecule has 9 heteroatoms. The van der Waals surface area contributed by atoms with Gasteiger partial charge in [-0.05, 0) is 24.1 Å². The number of hydrogen-bond acceptors (Lipinski definition) is 7. The van der Waals surface area contributed by atoms with Crippen molar-refractivity contribution in [3.8, 4) is 0 Å². The molecule has 2 amide bonds. The molecule has 4 rings (SSSR count). The molecule has 1 aliphatic heterocycles. The van der Waals surface area contributed by atoms with Gasteiger partial charge in [-0.15, -0.1) is 0 Å². The number of rotatable bonds is 6. The zero-order valence-corrected chi connectivity index (χ0v) is 17.3. The molecule has 2 aliphatic carbocycles. The quantitative estimate of drug-likeness (QED) is 0.386. The van der Waals surface area contributed by atoms with E-state index in [2.05, 4.69) is 10.6 Å². The topological polar surface area (TPSA) is 137 Å². The van der Waals surface area contributed by atoms with Gasteiger partial charge in [0.2, 0.25) is 11.8 Å². The summed E-state index contributed by atoms with van der Waals surface area (Å²) in [5.74, 6) is -2.02. The van der Waals surface area contributed by atoms with E-state index in [1.54, 1.807) is 6.08 Å². The number of carbonyl (C=O) groups is 2. The molecule has 168 valence electrons. The van der Waals surface area contributed by atoms with E-state index in [4.69, 9.17) is 14.6 Å². The second-order valence-electron chi connectivity index (χ2n) is 8.37. The van der Waals surface area contributed by atoms with Gasteiger partial charge in [-0.3, -0.25) is 9.59 Å². The van der Waals surface area contributed by atoms with Gasteiger partial charge in [0.1, 0.15) is 18.2 Å². The Morgan fingerprint density at radius 3 is 2.52 bits per heavy atom. The van der Waals surface area contributed by atoms with Gasteiger partial charge in [-0.1, -0.05) is 24.3 Å². The summed E-state index contributed by atoms with van der Waals surface area (Å²) in [6, 6.07) is 6.80. The number of aliphatic hydroxyl groups excluding tert-OH is 3. The molecular formula is C22H28N2O7. The van der Waals surface area contributed by atoms with Crippen LogP contribution in [-0.2, 0) is 31.9 Å². The van der Waals surface area contributed by atoms with Crippen molar-refractivity contribution in [3.05, 3.63) is 47.0 Å². The summed E-state index contributed by atoms with van der Waals surface area (Å²) in [6.45, 7) is 1.15. The van der Waals surface area contributed by atoms with Crippen LogP contribution in [0.25, 0.3) is 0 Å². The van der Waals surface area contributed by atoms with Crippen molar-refractivity contribution < 1.29 is 34.4 Å². The van der Waals surface area contributed by atoms with Gasteiger partial charge in [0, 0.05) is 31.4 Å². The highest BCUT2D eigenvalue weighted by atomic mass is 16.8. The molecule has 3 aliphatic rings. The smallest absolute Gasteiger partial charge is 0.247 e. The lowest BCUT2D eigenvalue weighted by atomic mass is 9.91. The van der Waals surface area contributed by atoms with Crippen LogP contribution in [0.2, 0.25) is 0 Å². The van der Waals surface area contributed by atoms with Gasteiger partial charge < -0.3 is 35.4 Å². The molecule has 1 saturated heterocycles. The van der Waals surface area contributed by atoms with Crippen LogP contribution in [0, 0.1) is 0 Å². The van der Waals surface area contributed by atoms with Crippen molar-refractivity contribution in [2.45, 2.75) is 62.4 Å². The van der Waals surface area contributed by atoms with Crippen LogP contribution in [0.5, 0.6) is 0 Å². The van der Waals surface area contributed by atoms with E-state index in [1.807, 2.05) is 24.3 Å². The van der Waals surface area contributed by atoms with Crippen molar-refractivity contribution in [1.29, 1.82) is 0 Å². The Morgan fingerprint density at radius 1 is 1.23 bits per heavy atom. The third-order valence-electron chi connectivity index (χ3n) is 5.99. The number of amides is 2. The summed E-state index contributed by atoms with van der Waals surface area (Å²) in [7, 11) is 0. The van der Waals surface area contributed by atoms with Gasteiger partial charge in [0.15, 0.2) is 5.79 Å². The molecule has 1 aromatic rings. The molecule has 5 atom stereocenters. The number of aliphatic hydroxyl groups is 3. The average molecular weight is 432 g/mol. The normalized spacial score (nSPS) is 27.7. The second-order valence-corrected chi connectivity index (χ2v) is 8.37. The first kappa shape index (κ1) is 21.9. The van der Waals surface area contributed by atoms with Gasteiger partial charge in [0.05, 0.1) is 18.8 Å². The molecule has 31 heavy (non-hydrogen) atoms. The van der Waals surface area contributed by atoms with E-state index >= 15 is 0 Å². The Kier molecular flexibility index (Phi) is 6.14. The second kappa shape index (κ2) is 8.68. The van der Waals surface area contributed by atoms with Gasteiger partial charge in [-0.2, -0.15) is 0 Å². The maximum absolute atomic E-state index is 12.8. The highest BCUT2D eigenvalue weighted by molar-refractivity contribution is 5.97. The predicted octanol–water partition coefficient (Wildman–Crippen LogP) is -1.07. The third-order valence-corrected chi connectivity index (χ3v) is 5.99. The highest BCUT2D eigenvalue weighted by Crippen LogP contribution is 2.44. The number of fused-ring (bicyclic) bond motifs is 2. The van der Waals surface area contributed by atoms with E-state index < -0.39 is 48.1 Å². The first-order valence-electron chi connectivity index (χ1n) is 10.5. The van der Waals surface area contributed by atoms with Crippen LogP contribution < -0.4 is 10.6 Å². The average Bonchev–Trinajstić information content (AvgIpc) is 3.28. The van der Waals surface area contributed by atoms with Crippen LogP contribution in [0.1, 0.15) is 24.5 Å². The van der Waals surface area contributed by atoms with Crippen LogP contribution in [0.3, 0.4) is 0 Å². The van der Waals surface area contributed by atoms with Gasteiger partial charge in [-0.25, -0.2) is 0 Å². The molecule has 1 spiro atoms. The number of hydrogen-bond donors (Lipinski definition) is 5. The minimum Gasteiger partial charge on any atom is -0.395 e. The van der Waals surface area contributed by atoms with Crippen molar-refractivity contribution in [2.75, 3.05) is 13.2 Å². The zero-order valence-electron chi connectivity index (χ0n) is 17.3. The summed E-state index contributed by atoms with van der Waals surface area (Å²) in [5.41, 5.74) is 2.56. The Morgan fingerprint density at radius 2 is 1.90 bits per heavy atom. The molecule has 0 bridgehead atoms. The van der Waals surface area contributed by atoms with E-state index in [1.165, 1.54) is 6.92 Å². The van der Waals surface area contributed by atoms with E-state index in [9.17, 15) is 19.8 Å². The fourth-order valence-corrected chi connectivity index (χ4v) is 4.50. The molecule has 1 fully saturated rings. The number of nitrogens with one attached hydrogen (secondary N) is 2. The molecular weight excluding hydrogens is 404 g/mol. The van der Waals surface area contributed by atoms with Crippen molar-refractivity contribution in [3.63, 3.8) is 0 Å². The fraction of sp³-hybridized carbons (Fsp3) is 0.545. The number of carbonyl (C=O) groups excluding carboxylic acids is 2. The Bertz CT molecular complexity index is 859. The highest BCUT2D eigenvalue weighted by Gasteiger charge is 2.53. The van der Waals surface area contributed by atoms with Crippen LogP contribution in [0.4, 0.5) is 0 Å². The predicted molar refractivity (Wildman–Crippen MR) is 109 cm³/mol. The Balaban J connectivity index is 1.46. The number of ether oxygens (including phenoxy) is 2. The van der Waals surface area contributed by atoms with Crippen molar-refractivity contribution >= 4 is 11.8 Å². The summed E-state index contributed by atoms with van der Waals surface area (Å²) >= 11 is 0. The minimum atomic E-state index is -1.19. The summed E-state index contributed by atoms with van der Waals surface area (Å²) in [5, 5.41) is 34.4. The molecule has 0 radical (unpaired) electrons. The Hall–Kier alpha value is -2.30. The molecule has 0 saturated carbocycles. The maximum Gasteiger partial charge on any atom is 0.247 e. The molecule has 0 unspecified atom stereocenters. The fourth-order valence-electron chi connectivity index (χ4n) is 4.50. The van der Waals surface area contributed by atoms with Crippen molar-refractivity contribution in [2.24, 2.45) is 0 Å². The van der Waals surface area contributed by atoms with Crippen molar-refractivity contribution in [1.82, 2.24) is 10.6 Å². The van der Waals surface area contributed by atoms with E-state index in [0.29, 0.717) is 12.8 Å². The van der Waals surface area contributed by atoms with E-state index in [-0.39, 0.29) is 25.1 Å². The first-order chi connectivity index (χ1) is 14.8. The third kappa shape index (κ3) is 4.37. The molecule has 1 aromatic carbocycles. The lowest BCUT2D eigenvalue weighted by Crippen LogP contribution is -2.53. The minimum absolute atomic E-state index is 0.0126. The monoisotopic (exact) mass is 432 g/mol. The lowest BCUT2D eigenvalue weighted by Gasteiger charge is -2.28. The molecule has 1 heterocycles. The maximum atomic E-state index is 12.8. The largest absolute Gasteiger partial charge is 0.395 e. The van der Waals surface area contributed by atoms with E-state index in [0.717, 1.165) is 11.1 Å². The zero-order chi connectivity index (χ0) is 22.2. The molecule has 0 aromatic heterocycles. The molecule has 5 N–H and O–H groups in total. The molecule has 9 nitrogen and oxygen atoms in total. The van der Waals surface area contributed by atoms with Crippen LogP contribution >= 0.6 is 0 Å². The summed E-state index contributed by atoms with van der Waals surface area (Å²) < 4.78 is 12.4.